The largest absolute Gasteiger partial charge is 0.497 e. The molecule has 5 rings (SSSR count). The molecule has 4 aromatic rings. The maximum atomic E-state index is 13.8. The van der Waals surface area contributed by atoms with Gasteiger partial charge >= 0.3 is 0 Å². The normalized spacial score (nSPS) is 13.5. The molecule has 0 aliphatic heterocycles. The van der Waals surface area contributed by atoms with Crippen molar-refractivity contribution in [3.8, 4) is 5.75 Å². The number of fused-ring (bicyclic) bond motifs is 3. The Morgan fingerprint density at radius 3 is 2.38 bits per heavy atom. The molecule has 1 aliphatic carbocycles. The van der Waals surface area contributed by atoms with E-state index >= 15 is 0 Å². The number of sulfonamides is 1. The smallest absolute Gasteiger partial charge is 0.272 e. The van der Waals surface area contributed by atoms with E-state index in [1.807, 2.05) is 0 Å². The number of nitrogens with zero attached hydrogens (tertiary/aromatic N) is 1. The van der Waals surface area contributed by atoms with Gasteiger partial charge in [0.15, 0.2) is 0 Å². The van der Waals surface area contributed by atoms with Crippen LogP contribution in [0, 0.1) is 0 Å². The third kappa shape index (κ3) is 3.95. The van der Waals surface area contributed by atoms with Crippen molar-refractivity contribution in [1.29, 1.82) is 0 Å². The van der Waals surface area contributed by atoms with Crippen molar-refractivity contribution in [1.82, 2.24) is 0 Å². The van der Waals surface area contributed by atoms with Crippen molar-refractivity contribution in [2.45, 2.75) is 30.6 Å². The molecule has 0 saturated heterocycles. The second-order valence-electron chi connectivity index (χ2n) is 8.15. The molecule has 1 amide bonds. The van der Waals surface area contributed by atoms with Crippen LogP contribution in [0.15, 0.2) is 76.0 Å². The van der Waals surface area contributed by atoms with Crippen LogP contribution >= 0.6 is 11.6 Å². The first-order valence-corrected chi connectivity index (χ1v) is 12.7. The van der Waals surface area contributed by atoms with Gasteiger partial charge in [0.25, 0.3) is 15.9 Å². The second-order valence-corrected chi connectivity index (χ2v) is 10.4. The maximum absolute atomic E-state index is 13.8. The van der Waals surface area contributed by atoms with Gasteiger partial charge in [-0.3, -0.25) is 4.79 Å². The Bertz CT molecular complexity index is 1470. The summed E-state index contributed by atoms with van der Waals surface area (Å²) in [5.74, 6) is 0.775. The molecule has 0 fully saturated rings. The lowest BCUT2D eigenvalue weighted by Gasteiger charge is -2.23. The van der Waals surface area contributed by atoms with E-state index in [4.69, 9.17) is 20.8 Å². The Labute approximate surface area is 202 Å². The molecule has 0 spiro atoms. The van der Waals surface area contributed by atoms with Gasteiger partial charge in [-0.25, -0.2) is 8.42 Å². The van der Waals surface area contributed by atoms with E-state index in [1.165, 1.54) is 31.4 Å². The minimum atomic E-state index is -4.24. The number of hydrogen-bond acceptors (Lipinski definition) is 5. The van der Waals surface area contributed by atoms with Crippen molar-refractivity contribution < 1.29 is 22.4 Å². The van der Waals surface area contributed by atoms with E-state index in [9.17, 15) is 13.2 Å². The highest BCUT2D eigenvalue weighted by Gasteiger charge is 2.33. The van der Waals surface area contributed by atoms with Crippen molar-refractivity contribution in [2.75, 3.05) is 11.4 Å². The summed E-state index contributed by atoms with van der Waals surface area (Å²) in [5, 5.41) is 1.29. The second kappa shape index (κ2) is 8.81. The van der Waals surface area contributed by atoms with Crippen molar-refractivity contribution in [2.24, 2.45) is 0 Å². The van der Waals surface area contributed by atoms with Crippen LogP contribution in [0.1, 0.15) is 34.5 Å². The number of furan rings is 1. The van der Waals surface area contributed by atoms with Gasteiger partial charge < -0.3 is 9.15 Å². The molecule has 1 heterocycles. The number of methoxy groups -OCH3 is 1. The van der Waals surface area contributed by atoms with Crippen LogP contribution in [-0.4, -0.2) is 21.4 Å². The molecule has 0 N–H and O–H groups in total. The number of amides is 1. The van der Waals surface area contributed by atoms with Crippen molar-refractivity contribution in [3.63, 3.8) is 0 Å². The van der Waals surface area contributed by atoms with Gasteiger partial charge in [-0.15, -0.1) is 0 Å². The van der Waals surface area contributed by atoms with E-state index in [0.717, 1.165) is 46.7 Å². The first-order valence-electron chi connectivity index (χ1n) is 10.9. The summed E-state index contributed by atoms with van der Waals surface area (Å²) in [6.07, 6.45) is 3.83. The molecule has 0 atom stereocenters. The minimum Gasteiger partial charge on any atom is -0.497 e. The number of ether oxygens (including phenoxy) is 1. The van der Waals surface area contributed by atoms with Crippen LogP contribution in [0.3, 0.4) is 0 Å². The quantitative estimate of drug-likeness (QED) is 0.339. The molecule has 8 heteroatoms. The summed E-state index contributed by atoms with van der Waals surface area (Å²) in [7, 11) is -2.74. The molecular weight excluding hydrogens is 474 g/mol. The average molecular weight is 496 g/mol. The Morgan fingerprint density at radius 1 is 0.971 bits per heavy atom. The summed E-state index contributed by atoms with van der Waals surface area (Å²) < 4.78 is 39.6. The molecule has 6 nitrogen and oxygen atoms in total. The van der Waals surface area contributed by atoms with E-state index < -0.39 is 15.9 Å². The molecule has 0 bridgehead atoms. The summed E-state index contributed by atoms with van der Waals surface area (Å²) in [6, 6.07) is 17.2. The van der Waals surface area contributed by atoms with Gasteiger partial charge in [0.2, 0.25) is 0 Å². The number of aryl methyl sites for hydroxylation is 2. The SMILES string of the molecule is COc1ccc(S(=O)(=O)N(C(=O)c2ccc(Cl)cc2)c2ccc3oc4c(c3c2)CCCC4)cc1. The number of anilines is 1. The molecule has 174 valence electrons. The number of carbonyl (C=O) groups excluding carboxylic acids is 1. The summed E-state index contributed by atoms with van der Waals surface area (Å²) >= 11 is 5.98. The summed E-state index contributed by atoms with van der Waals surface area (Å²) in [4.78, 5) is 13.6. The Morgan fingerprint density at radius 2 is 1.68 bits per heavy atom. The highest BCUT2D eigenvalue weighted by molar-refractivity contribution is 7.93. The zero-order chi connectivity index (χ0) is 23.9. The predicted molar refractivity (Wildman–Crippen MR) is 131 cm³/mol. The summed E-state index contributed by atoms with van der Waals surface area (Å²) in [5.41, 5.74) is 2.23. The van der Waals surface area contributed by atoms with Gasteiger partial charge in [0.1, 0.15) is 17.1 Å². The van der Waals surface area contributed by atoms with Gasteiger partial charge in [0, 0.05) is 28.0 Å². The zero-order valence-electron chi connectivity index (χ0n) is 18.5. The fourth-order valence-corrected chi connectivity index (χ4v) is 5.84. The van der Waals surface area contributed by atoms with E-state index in [-0.39, 0.29) is 16.1 Å². The molecule has 0 unspecified atom stereocenters. The van der Waals surface area contributed by atoms with E-state index in [1.54, 1.807) is 42.5 Å². The zero-order valence-corrected chi connectivity index (χ0v) is 20.0. The monoisotopic (exact) mass is 495 g/mol. The van der Waals surface area contributed by atoms with Gasteiger partial charge in [-0.2, -0.15) is 4.31 Å². The molecule has 0 saturated carbocycles. The van der Waals surface area contributed by atoms with Crippen LogP contribution in [0.2, 0.25) is 5.02 Å². The highest BCUT2D eigenvalue weighted by Crippen LogP contribution is 2.36. The maximum Gasteiger partial charge on any atom is 0.272 e. The van der Waals surface area contributed by atoms with Gasteiger partial charge in [-0.1, -0.05) is 11.6 Å². The lowest BCUT2D eigenvalue weighted by atomic mass is 9.96. The average Bonchev–Trinajstić information content (AvgIpc) is 3.22. The highest BCUT2D eigenvalue weighted by atomic mass is 35.5. The first-order chi connectivity index (χ1) is 16.4. The number of hydrogen-bond donors (Lipinski definition) is 0. The van der Waals surface area contributed by atoms with E-state index in [0.29, 0.717) is 16.4 Å². The van der Waals surface area contributed by atoms with Gasteiger partial charge in [0.05, 0.1) is 17.7 Å². The number of benzene rings is 3. The van der Waals surface area contributed by atoms with Crippen molar-refractivity contribution in [3.05, 3.63) is 88.6 Å². The fourth-order valence-electron chi connectivity index (χ4n) is 4.31. The van der Waals surface area contributed by atoms with E-state index in [2.05, 4.69) is 0 Å². The molecule has 1 aromatic heterocycles. The Kier molecular flexibility index (Phi) is 5.83. The third-order valence-electron chi connectivity index (χ3n) is 6.05. The van der Waals surface area contributed by atoms with Crippen LogP contribution in [0.4, 0.5) is 5.69 Å². The van der Waals surface area contributed by atoms with Crippen LogP contribution in [0.5, 0.6) is 5.75 Å². The minimum absolute atomic E-state index is 0.0232. The third-order valence-corrected chi connectivity index (χ3v) is 8.02. The van der Waals surface area contributed by atoms with Crippen LogP contribution in [-0.2, 0) is 22.9 Å². The molecule has 0 radical (unpaired) electrons. The molecule has 34 heavy (non-hydrogen) atoms. The van der Waals surface area contributed by atoms with Crippen molar-refractivity contribution >= 4 is 44.2 Å². The molecule has 1 aliphatic rings. The van der Waals surface area contributed by atoms with Crippen LogP contribution in [0.25, 0.3) is 11.0 Å². The topological polar surface area (TPSA) is 76.8 Å². The Balaban J connectivity index is 1.67. The fraction of sp³-hybridized carbons (Fsp3) is 0.192. The lowest BCUT2D eigenvalue weighted by molar-refractivity contribution is 0.101. The van der Waals surface area contributed by atoms with Crippen LogP contribution < -0.4 is 9.04 Å². The summed E-state index contributed by atoms with van der Waals surface area (Å²) in [6.45, 7) is 0. The lowest BCUT2D eigenvalue weighted by Crippen LogP contribution is -2.37. The molecular formula is C26H22ClNO5S. The number of carbonyl (C=O) groups is 1. The Hall–Kier alpha value is -3.29. The predicted octanol–water partition coefficient (Wildman–Crippen LogP) is 6.01. The van der Waals surface area contributed by atoms with Gasteiger partial charge in [-0.05, 0) is 86.0 Å². The number of rotatable bonds is 5. The molecule has 3 aromatic carbocycles. The number of halogens is 1. The standard InChI is InChI=1S/C26H22ClNO5S/c1-32-20-11-13-21(14-12-20)34(30,31)28(26(29)17-6-8-18(27)9-7-17)19-10-15-25-23(16-19)22-4-2-3-5-24(22)33-25/h6-16H,2-5H2,1H3. The first kappa shape index (κ1) is 22.5.